The predicted molar refractivity (Wildman–Crippen MR) is 70.9 cm³/mol. The summed E-state index contributed by atoms with van der Waals surface area (Å²) in [5.74, 6) is -0.515. The molecule has 0 atom stereocenters. The van der Waals surface area contributed by atoms with E-state index >= 15 is 0 Å². The third-order valence-corrected chi connectivity index (χ3v) is 4.51. The summed E-state index contributed by atoms with van der Waals surface area (Å²) in [7, 11) is -3.94. The summed E-state index contributed by atoms with van der Waals surface area (Å²) in [6.07, 6.45) is 0. The fourth-order valence-corrected chi connectivity index (χ4v) is 3.38. The second kappa shape index (κ2) is 4.93. The van der Waals surface area contributed by atoms with Gasteiger partial charge in [-0.15, -0.1) is 0 Å². The van der Waals surface area contributed by atoms with Gasteiger partial charge in [0.25, 0.3) is 10.0 Å². The molecule has 1 aromatic carbocycles. The molecule has 0 aliphatic carbocycles. The van der Waals surface area contributed by atoms with E-state index < -0.39 is 15.8 Å². The van der Waals surface area contributed by atoms with Crippen LogP contribution in [-0.4, -0.2) is 13.6 Å². The van der Waals surface area contributed by atoms with E-state index in [4.69, 9.17) is 4.52 Å². The highest BCUT2D eigenvalue weighted by Crippen LogP contribution is 2.25. The van der Waals surface area contributed by atoms with Crippen LogP contribution in [0.2, 0.25) is 0 Å². The second-order valence-corrected chi connectivity index (χ2v) is 6.42. The molecule has 0 radical (unpaired) electrons. The molecule has 0 bridgehead atoms. The molecule has 0 aliphatic heterocycles. The fourth-order valence-electron chi connectivity index (χ4n) is 1.63. The first-order chi connectivity index (χ1) is 8.81. The topological polar surface area (TPSA) is 72.2 Å². The van der Waals surface area contributed by atoms with Crippen molar-refractivity contribution in [1.82, 2.24) is 5.16 Å². The van der Waals surface area contributed by atoms with Crippen LogP contribution in [0.25, 0.3) is 0 Å². The summed E-state index contributed by atoms with van der Waals surface area (Å²) in [4.78, 5) is -0.0770. The van der Waals surface area contributed by atoms with Gasteiger partial charge in [-0.2, -0.15) is 0 Å². The standard InChI is InChI=1S/C11H10BrFN2O3S/c1-6-11(7(2)18-14-6)19(16,17)15-10-5-8(12)3-4-9(10)13/h3-5,15H,1-2H3. The van der Waals surface area contributed by atoms with Gasteiger partial charge in [0.2, 0.25) is 0 Å². The van der Waals surface area contributed by atoms with Gasteiger partial charge < -0.3 is 4.52 Å². The molecule has 0 unspecified atom stereocenters. The Bertz CT molecular complexity index is 708. The van der Waals surface area contributed by atoms with Crippen LogP contribution in [-0.2, 0) is 10.0 Å². The van der Waals surface area contributed by atoms with Gasteiger partial charge in [0.1, 0.15) is 11.5 Å². The Kier molecular flexibility index (Phi) is 3.64. The van der Waals surface area contributed by atoms with Crippen molar-refractivity contribution in [3.05, 3.63) is 39.9 Å². The monoisotopic (exact) mass is 348 g/mol. The quantitative estimate of drug-likeness (QED) is 0.925. The fraction of sp³-hybridized carbons (Fsp3) is 0.182. The van der Waals surface area contributed by atoms with Crippen LogP contribution in [0.4, 0.5) is 10.1 Å². The molecule has 0 amide bonds. The van der Waals surface area contributed by atoms with Crippen molar-refractivity contribution in [1.29, 1.82) is 0 Å². The number of sulfonamides is 1. The Labute approximate surface area is 118 Å². The predicted octanol–water partition coefficient (Wildman–Crippen LogP) is 2.99. The molecule has 0 saturated heterocycles. The molecule has 2 aromatic rings. The molecule has 102 valence electrons. The first kappa shape index (κ1) is 14.0. The molecule has 5 nitrogen and oxygen atoms in total. The minimum Gasteiger partial charge on any atom is -0.360 e. The molecule has 8 heteroatoms. The normalized spacial score (nSPS) is 11.6. The maximum Gasteiger partial charge on any atom is 0.267 e. The molecular weight excluding hydrogens is 339 g/mol. The summed E-state index contributed by atoms with van der Waals surface area (Å²) in [5.41, 5.74) is 0.0785. The van der Waals surface area contributed by atoms with Crippen molar-refractivity contribution in [2.75, 3.05) is 4.72 Å². The van der Waals surface area contributed by atoms with E-state index in [1.807, 2.05) is 0 Å². The Morgan fingerprint density at radius 2 is 2.05 bits per heavy atom. The van der Waals surface area contributed by atoms with Crippen molar-refractivity contribution < 1.29 is 17.3 Å². The zero-order chi connectivity index (χ0) is 14.2. The lowest BCUT2D eigenvalue weighted by molar-refractivity contribution is 0.390. The van der Waals surface area contributed by atoms with E-state index in [1.165, 1.54) is 26.0 Å². The van der Waals surface area contributed by atoms with E-state index in [0.717, 1.165) is 6.07 Å². The summed E-state index contributed by atoms with van der Waals surface area (Å²) < 4.78 is 45.4. The average molecular weight is 349 g/mol. The minimum atomic E-state index is -3.94. The largest absolute Gasteiger partial charge is 0.360 e. The van der Waals surface area contributed by atoms with Gasteiger partial charge in [-0.25, -0.2) is 12.8 Å². The molecule has 1 heterocycles. The Morgan fingerprint density at radius 3 is 2.63 bits per heavy atom. The molecule has 2 rings (SSSR count). The number of nitrogens with one attached hydrogen (secondary N) is 1. The summed E-state index contributed by atoms with van der Waals surface area (Å²) in [6.45, 7) is 2.98. The first-order valence-corrected chi connectivity index (χ1v) is 7.49. The average Bonchev–Trinajstić information content (AvgIpc) is 2.64. The summed E-state index contributed by atoms with van der Waals surface area (Å²) in [5, 5.41) is 3.57. The Balaban J connectivity index is 2.45. The molecule has 1 N–H and O–H groups in total. The highest BCUT2D eigenvalue weighted by atomic mass is 79.9. The molecule has 0 aliphatic rings. The van der Waals surface area contributed by atoms with E-state index in [-0.39, 0.29) is 22.0 Å². The van der Waals surface area contributed by atoms with Gasteiger partial charge in [0.15, 0.2) is 10.7 Å². The molecule has 0 saturated carbocycles. The van der Waals surface area contributed by atoms with Crippen LogP contribution < -0.4 is 4.72 Å². The lowest BCUT2D eigenvalue weighted by Gasteiger charge is -2.08. The number of hydrogen-bond acceptors (Lipinski definition) is 4. The van der Waals surface area contributed by atoms with Crippen LogP contribution in [0.15, 0.2) is 32.1 Å². The highest BCUT2D eigenvalue weighted by Gasteiger charge is 2.25. The third-order valence-electron chi connectivity index (χ3n) is 2.41. The third kappa shape index (κ3) is 2.79. The van der Waals surface area contributed by atoms with E-state index in [1.54, 1.807) is 0 Å². The number of hydrogen-bond donors (Lipinski definition) is 1. The highest BCUT2D eigenvalue weighted by molar-refractivity contribution is 9.10. The Hall–Kier alpha value is -1.41. The number of rotatable bonds is 3. The molecular formula is C11H10BrFN2O3S. The minimum absolute atomic E-state index is 0.0770. The van der Waals surface area contributed by atoms with Crippen molar-refractivity contribution in [2.45, 2.75) is 18.7 Å². The van der Waals surface area contributed by atoms with Crippen LogP contribution in [0, 0.1) is 19.7 Å². The molecule has 1 aromatic heterocycles. The van der Waals surface area contributed by atoms with Crippen molar-refractivity contribution in [3.63, 3.8) is 0 Å². The number of nitrogens with zero attached hydrogens (tertiary/aromatic N) is 1. The van der Waals surface area contributed by atoms with Gasteiger partial charge in [0, 0.05) is 4.47 Å². The molecule has 0 spiro atoms. The lowest BCUT2D eigenvalue weighted by atomic mass is 10.3. The lowest BCUT2D eigenvalue weighted by Crippen LogP contribution is -2.15. The van der Waals surface area contributed by atoms with Crippen LogP contribution in [0.1, 0.15) is 11.5 Å². The number of halogens is 2. The van der Waals surface area contributed by atoms with E-state index in [0.29, 0.717) is 4.47 Å². The molecule has 0 fully saturated rings. The van der Waals surface area contributed by atoms with Crippen molar-refractivity contribution in [3.8, 4) is 0 Å². The summed E-state index contributed by atoms with van der Waals surface area (Å²) >= 11 is 3.15. The smallest absolute Gasteiger partial charge is 0.267 e. The first-order valence-electron chi connectivity index (χ1n) is 5.22. The van der Waals surface area contributed by atoms with Gasteiger partial charge >= 0.3 is 0 Å². The second-order valence-electron chi connectivity index (χ2n) is 3.88. The zero-order valence-electron chi connectivity index (χ0n) is 10.1. The summed E-state index contributed by atoms with van der Waals surface area (Å²) in [6, 6.07) is 3.98. The van der Waals surface area contributed by atoms with Gasteiger partial charge in [-0.1, -0.05) is 21.1 Å². The van der Waals surface area contributed by atoms with E-state index in [9.17, 15) is 12.8 Å². The van der Waals surface area contributed by atoms with Crippen molar-refractivity contribution >= 4 is 31.6 Å². The van der Waals surface area contributed by atoms with Crippen molar-refractivity contribution in [2.24, 2.45) is 0 Å². The molecule has 19 heavy (non-hydrogen) atoms. The number of aryl methyl sites for hydroxylation is 2. The van der Waals surface area contributed by atoms with Gasteiger partial charge in [-0.05, 0) is 32.0 Å². The number of aromatic nitrogens is 1. The van der Waals surface area contributed by atoms with Crippen LogP contribution in [0.3, 0.4) is 0 Å². The van der Waals surface area contributed by atoms with Gasteiger partial charge in [-0.3, -0.25) is 4.72 Å². The zero-order valence-corrected chi connectivity index (χ0v) is 12.5. The van der Waals surface area contributed by atoms with Gasteiger partial charge in [0.05, 0.1) is 5.69 Å². The maximum atomic E-state index is 13.6. The number of benzene rings is 1. The number of anilines is 1. The van der Waals surface area contributed by atoms with Crippen LogP contribution >= 0.6 is 15.9 Å². The SMILES string of the molecule is Cc1noc(C)c1S(=O)(=O)Nc1cc(Br)ccc1F. The Morgan fingerprint density at radius 1 is 1.37 bits per heavy atom. The maximum absolute atomic E-state index is 13.6. The van der Waals surface area contributed by atoms with E-state index in [2.05, 4.69) is 25.8 Å². The van der Waals surface area contributed by atoms with Crippen LogP contribution in [0.5, 0.6) is 0 Å².